The van der Waals surface area contributed by atoms with E-state index in [2.05, 4.69) is 18.4 Å². The average Bonchev–Trinajstić information content (AvgIpc) is 2.57. The van der Waals surface area contributed by atoms with Gasteiger partial charge in [0.25, 0.3) is 0 Å². The third-order valence-electron chi connectivity index (χ3n) is 3.21. The van der Waals surface area contributed by atoms with Gasteiger partial charge in [-0.25, -0.2) is 4.57 Å². The van der Waals surface area contributed by atoms with Gasteiger partial charge in [0.2, 0.25) is 5.82 Å². The Bertz CT molecular complexity index is 895. The fourth-order valence-electron chi connectivity index (χ4n) is 2.25. The zero-order valence-corrected chi connectivity index (χ0v) is 24.5. The molecule has 0 bridgehead atoms. The summed E-state index contributed by atoms with van der Waals surface area (Å²) in [5.41, 5.74) is 0.646. The van der Waals surface area contributed by atoms with E-state index in [9.17, 15) is 0 Å². The van der Waals surface area contributed by atoms with Gasteiger partial charge < -0.3 is 0 Å². The van der Waals surface area contributed by atoms with Crippen molar-refractivity contribution in [2.75, 3.05) is 0 Å². The molecule has 1 aromatic carbocycles. The molecule has 156 valence electrons. The average molecular weight is 686 g/mol. The van der Waals surface area contributed by atoms with E-state index in [4.69, 9.17) is 100.0 Å². The van der Waals surface area contributed by atoms with Gasteiger partial charge in [0.05, 0.1) is 23.1 Å². The van der Waals surface area contributed by atoms with Crippen molar-refractivity contribution >= 4 is 109 Å². The number of aromatic nitrogens is 3. The fourth-order valence-corrected chi connectivity index (χ4v) is 3.78. The van der Waals surface area contributed by atoms with E-state index in [-0.39, 0.29) is 6.04 Å². The van der Waals surface area contributed by atoms with Gasteiger partial charge in [-0.05, 0) is 38.2 Å². The van der Waals surface area contributed by atoms with E-state index in [0.29, 0.717) is 25.5 Å². The van der Waals surface area contributed by atoms with E-state index < -0.39 is 9.14 Å². The first-order valence-electron chi connectivity index (χ1n) is 7.12. The molecule has 0 radical (unpaired) electrons. The molecular formula is C13H15Cl9N3SSb. The summed E-state index contributed by atoms with van der Waals surface area (Å²) in [5, 5.41) is 1.43. The van der Waals surface area contributed by atoms with Crippen molar-refractivity contribution in [3.8, 4) is 5.69 Å². The third kappa shape index (κ3) is 8.95. The zero-order valence-electron chi connectivity index (χ0n) is 14.3. The van der Waals surface area contributed by atoms with E-state index in [1.807, 2.05) is 23.3 Å². The number of hydrogen-bond donors (Lipinski definition) is 0. The molecule has 2 rings (SSSR count). The predicted molar refractivity (Wildman–Crippen MR) is 127 cm³/mol. The van der Waals surface area contributed by atoms with Crippen molar-refractivity contribution in [1.29, 1.82) is 0 Å². The fraction of sp³-hybridized carbons (Fsp3) is 0.385. The molecular weight excluding hydrogens is 671 g/mol. The monoisotopic (exact) mass is 681 g/mol. The van der Waals surface area contributed by atoms with Gasteiger partial charge in [-0.1, -0.05) is 39.5 Å². The van der Waals surface area contributed by atoms with Gasteiger partial charge in [-0.2, -0.15) is 0 Å². The summed E-state index contributed by atoms with van der Waals surface area (Å²) in [6, 6.07) is 3.57. The number of nitrogens with zero attached hydrogens (tertiary/aromatic N) is 3. The van der Waals surface area contributed by atoms with Crippen LogP contribution in [0.25, 0.3) is 5.69 Å². The van der Waals surface area contributed by atoms with Crippen LogP contribution >= 0.6 is 100.0 Å². The predicted octanol–water partition coefficient (Wildman–Crippen LogP) is 8.44. The van der Waals surface area contributed by atoms with E-state index >= 15 is 0 Å². The second-order valence-corrected chi connectivity index (χ2v) is 64.3. The molecule has 0 N–H and O–H groups in total. The second kappa shape index (κ2) is 8.51. The molecule has 0 saturated heterocycles. The molecule has 0 fully saturated rings. The van der Waals surface area contributed by atoms with Crippen molar-refractivity contribution in [2.45, 2.75) is 26.8 Å². The Morgan fingerprint density at radius 1 is 0.963 bits per heavy atom. The second-order valence-electron chi connectivity index (χ2n) is 5.81. The van der Waals surface area contributed by atoms with E-state index in [1.54, 1.807) is 12.1 Å². The van der Waals surface area contributed by atoms with Crippen LogP contribution in [0.2, 0.25) is 15.1 Å². The first kappa shape index (κ1) is 27.0. The topological polar surface area (TPSA) is 13.7 Å². The van der Waals surface area contributed by atoms with E-state index in [1.165, 1.54) is 0 Å². The molecule has 1 aromatic heterocycles. The first-order chi connectivity index (χ1) is 11.7. The maximum atomic E-state index is 6.30. The molecule has 0 atom stereocenters. The normalized spacial score (nSPS) is 14.4. The number of rotatable bonds is 2. The molecule has 1 heterocycles. The Hall–Kier alpha value is 2.01. The molecule has 0 aliphatic rings. The van der Waals surface area contributed by atoms with Crippen molar-refractivity contribution in [1.82, 2.24) is 9.36 Å². The summed E-state index contributed by atoms with van der Waals surface area (Å²) >= 11 is 24.1. The summed E-state index contributed by atoms with van der Waals surface area (Å²) in [6.07, 6.45) is 0. The Morgan fingerprint density at radius 2 is 1.33 bits per heavy atom. The minimum atomic E-state index is -5.42. The molecule has 0 aliphatic heterocycles. The first-order valence-corrected chi connectivity index (χ1v) is 28.1. The SMILES string of the molecule is Cc1n(C)n(-c2c(Cl)cc(Cl)cc2Cl)c(=S)[n+]1C(C)C.[Cl][Sb-]([Cl])([Cl])([Cl])([Cl])[Cl]. The number of benzene rings is 1. The van der Waals surface area contributed by atoms with Crippen LogP contribution in [0, 0.1) is 11.7 Å². The Labute approximate surface area is 198 Å². The van der Waals surface area contributed by atoms with Crippen molar-refractivity contribution in [3.63, 3.8) is 0 Å². The molecule has 2 aromatic rings. The molecule has 0 aliphatic carbocycles. The summed E-state index contributed by atoms with van der Waals surface area (Å²) < 4.78 is 6.46. The van der Waals surface area contributed by atoms with Crippen LogP contribution in [0.5, 0.6) is 0 Å². The van der Waals surface area contributed by atoms with Crippen molar-refractivity contribution in [3.05, 3.63) is 37.8 Å². The maximum absolute atomic E-state index is 6.30. The van der Waals surface area contributed by atoms with E-state index in [0.717, 1.165) is 5.82 Å². The zero-order chi connectivity index (χ0) is 21.6. The van der Waals surface area contributed by atoms with Gasteiger partial charge >= 0.3 is 66.9 Å². The van der Waals surface area contributed by atoms with Gasteiger partial charge in [-0.15, -0.1) is 4.68 Å². The van der Waals surface area contributed by atoms with Gasteiger partial charge in [0, 0.05) is 11.9 Å². The van der Waals surface area contributed by atoms with Gasteiger partial charge in [0.15, 0.2) is 5.69 Å². The standard InChI is InChI=1S/C13H15Cl3N3S.6ClH.Sb/c1-7(2)18-8(3)17(4)19(13(18)20)12-10(15)5-9(14)6-11(12)16;;;;;;;/h5-7H,1-4H3;6*1H;/q+1;;;;;;;+5/p-6. The Kier molecular flexibility index (Phi) is 8.52. The molecule has 27 heavy (non-hydrogen) atoms. The number of hydrogen-bond acceptors (Lipinski definition) is 1. The van der Waals surface area contributed by atoms with Crippen LogP contribution in [0.3, 0.4) is 0 Å². The molecule has 0 unspecified atom stereocenters. The van der Waals surface area contributed by atoms with Crippen LogP contribution in [0.1, 0.15) is 25.7 Å². The van der Waals surface area contributed by atoms with Crippen LogP contribution in [0.15, 0.2) is 12.1 Å². The summed E-state index contributed by atoms with van der Waals surface area (Å²) in [6.45, 7) is 6.17. The molecule has 0 spiro atoms. The minimum absolute atomic E-state index is 0.250. The third-order valence-corrected chi connectivity index (χ3v) is 4.38. The van der Waals surface area contributed by atoms with Crippen LogP contribution in [-0.4, -0.2) is 18.5 Å². The Morgan fingerprint density at radius 3 is 1.63 bits per heavy atom. The van der Waals surface area contributed by atoms with Gasteiger partial charge in [-0.3, -0.25) is 0 Å². The van der Waals surface area contributed by atoms with Gasteiger partial charge in [0.1, 0.15) is 0 Å². The molecule has 14 heteroatoms. The summed E-state index contributed by atoms with van der Waals surface area (Å²) in [7, 11) is 26.9. The molecule has 0 amide bonds. The van der Waals surface area contributed by atoms with Crippen LogP contribution < -0.4 is 4.57 Å². The molecule has 3 nitrogen and oxygen atoms in total. The molecule has 0 saturated carbocycles. The van der Waals surface area contributed by atoms with Crippen molar-refractivity contribution < 1.29 is 4.57 Å². The summed E-state index contributed by atoms with van der Waals surface area (Å²) in [5.74, 6) is 1.02. The number of halogens is 9. The van der Waals surface area contributed by atoms with Crippen molar-refractivity contribution in [2.24, 2.45) is 7.05 Å². The Balaban J connectivity index is 0.000000445. The summed E-state index contributed by atoms with van der Waals surface area (Å²) in [4.78, 5) is 0. The quantitative estimate of drug-likeness (QED) is 0.176. The van der Waals surface area contributed by atoms with Crippen LogP contribution in [-0.2, 0) is 7.05 Å². The van der Waals surface area contributed by atoms with Crippen LogP contribution in [0.4, 0.5) is 0 Å².